The summed E-state index contributed by atoms with van der Waals surface area (Å²) in [4.78, 5) is 42.4. The Bertz CT molecular complexity index is 1530. The molecule has 1 aromatic carbocycles. The molecule has 0 unspecified atom stereocenters. The highest BCUT2D eigenvalue weighted by Crippen LogP contribution is 2.47. The largest absolute Gasteiger partial charge is 0.458 e. The minimum atomic E-state index is -1.90. The lowest BCUT2D eigenvalue weighted by Gasteiger charge is -2.31. The summed E-state index contributed by atoms with van der Waals surface area (Å²) >= 11 is 0. The molecule has 3 N–H and O–H groups in total. The van der Waals surface area contributed by atoms with Crippen LogP contribution in [0.4, 0.5) is 0 Å². The van der Waals surface area contributed by atoms with Crippen molar-refractivity contribution in [3.05, 3.63) is 50.8 Å². The maximum absolute atomic E-state index is 13.4. The summed E-state index contributed by atoms with van der Waals surface area (Å²) in [7, 11) is 0. The lowest BCUT2D eigenvalue weighted by atomic mass is 9.86. The molecule has 1 atom stereocenters. The summed E-state index contributed by atoms with van der Waals surface area (Å²) in [5, 5.41) is 11.7. The number of aryl methyl sites for hydroxylation is 1. The fourth-order valence-corrected chi connectivity index (χ4v) is 5.21. The maximum atomic E-state index is 13.4. The molecule has 36 heavy (non-hydrogen) atoms. The number of cyclic esters (lactones) is 1. The van der Waals surface area contributed by atoms with Crippen LogP contribution in [0, 0.1) is 0 Å². The maximum Gasteiger partial charge on any atom is 0.343 e. The highest BCUT2D eigenvalue weighted by molar-refractivity contribution is 5.97. The number of esters is 2. The molecule has 0 spiro atoms. The number of hydrogen-bond donors (Lipinski definition) is 2. The van der Waals surface area contributed by atoms with Gasteiger partial charge in [-0.1, -0.05) is 13.0 Å². The van der Waals surface area contributed by atoms with Crippen molar-refractivity contribution in [3.8, 4) is 22.9 Å². The number of nitrogens with zero attached hydrogens (tertiary/aromatic N) is 2. The van der Waals surface area contributed by atoms with Crippen LogP contribution in [0.25, 0.3) is 22.3 Å². The van der Waals surface area contributed by atoms with Gasteiger partial charge in [0.25, 0.3) is 5.56 Å². The predicted octanol–water partition coefficient (Wildman–Crippen LogP) is 1.20. The molecule has 11 nitrogen and oxygen atoms in total. The third-order valence-corrected chi connectivity index (χ3v) is 7.09. The standard InChI is InChI=1S/C25H23N3O8/c1-2-25(32)15-7-17-20-13(8-28(17)23(30)14(15)9-33-24(25)31)22-19-16(27-20)5-3-12(21(19)35-11-36-22)4-6-18(29)34-10-26/h3,5,7,32H,2,4,6,8-11,26H2,1H3/t25-/m0/s1. The summed E-state index contributed by atoms with van der Waals surface area (Å²) in [6.45, 7) is 1.46. The van der Waals surface area contributed by atoms with Crippen LogP contribution in [0.5, 0.6) is 11.5 Å². The van der Waals surface area contributed by atoms with Crippen molar-refractivity contribution in [1.82, 2.24) is 9.55 Å². The third-order valence-electron chi connectivity index (χ3n) is 7.09. The lowest BCUT2D eigenvalue weighted by Crippen LogP contribution is -2.44. The van der Waals surface area contributed by atoms with E-state index in [1.807, 2.05) is 12.1 Å². The van der Waals surface area contributed by atoms with Crippen LogP contribution in [0.2, 0.25) is 0 Å². The number of carbonyl (C=O) groups is 2. The highest BCUT2D eigenvalue weighted by atomic mass is 16.7. The summed E-state index contributed by atoms with van der Waals surface area (Å²) in [6, 6.07) is 5.31. The van der Waals surface area contributed by atoms with Crippen molar-refractivity contribution in [3.63, 3.8) is 0 Å². The van der Waals surface area contributed by atoms with Crippen molar-refractivity contribution in [2.75, 3.05) is 13.5 Å². The number of pyridine rings is 2. The van der Waals surface area contributed by atoms with Crippen LogP contribution >= 0.6 is 0 Å². The molecule has 3 aromatic rings. The van der Waals surface area contributed by atoms with E-state index in [0.717, 1.165) is 5.56 Å². The van der Waals surface area contributed by atoms with Gasteiger partial charge in [-0.05, 0) is 30.5 Å². The third kappa shape index (κ3) is 3.06. The number of rotatable bonds is 5. The smallest absolute Gasteiger partial charge is 0.343 e. The fourth-order valence-electron chi connectivity index (χ4n) is 5.21. The lowest BCUT2D eigenvalue weighted by molar-refractivity contribution is -0.172. The van der Waals surface area contributed by atoms with E-state index in [1.54, 1.807) is 17.6 Å². The van der Waals surface area contributed by atoms with Gasteiger partial charge in [-0.25, -0.2) is 9.78 Å². The van der Waals surface area contributed by atoms with Gasteiger partial charge >= 0.3 is 11.9 Å². The second kappa shape index (κ2) is 8.04. The Labute approximate surface area is 204 Å². The zero-order valence-corrected chi connectivity index (χ0v) is 19.5. The molecule has 0 aliphatic carbocycles. The number of carbonyl (C=O) groups excluding carboxylic acids is 2. The van der Waals surface area contributed by atoms with E-state index in [2.05, 4.69) is 0 Å². The second-order valence-corrected chi connectivity index (χ2v) is 8.91. The molecule has 0 fully saturated rings. The highest BCUT2D eigenvalue weighted by Gasteiger charge is 2.45. The van der Waals surface area contributed by atoms with Crippen LogP contribution in [0.1, 0.15) is 42.0 Å². The predicted molar refractivity (Wildman–Crippen MR) is 124 cm³/mol. The van der Waals surface area contributed by atoms with Crippen LogP contribution in [0.15, 0.2) is 23.0 Å². The van der Waals surface area contributed by atoms with E-state index in [1.165, 1.54) is 0 Å². The molecule has 0 saturated heterocycles. The van der Waals surface area contributed by atoms with Gasteiger partial charge in [0.15, 0.2) is 5.60 Å². The number of aromatic nitrogens is 2. The molecule has 186 valence electrons. The summed E-state index contributed by atoms with van der Waals surface area (Å²) in [6.07, 6.45) is 0.591. The van der Waals surface area contributed by atoms with Gasteiger partial charge in [0.1, 0.15) is 24.8 Å². The minimum Gasteiger partial charge on any atom is -0.458 e. The molecule has 0 amide bonds. The first-order valence-electron chi connectivity index (χ1n) is 11.6. The molecular formula is C25H23N3O8. The van der Waals surface area contributed by atoms with E-state index in [9.17, 15) is 19.5 Å². The Balaban J connectivity index is 1.51. The van der Waals surface area contributed by atoms with Gasteiger partial charge in [-0.2, -0.15) is 0 Å². The molecule has 6 rings (SSSR count). The van der Waals surface area contributed by atoms with Gasteiger partial charge in [0.05, 0.1) is 34.4 Å². The molecule has 3 aliphatic rings. The topological polar surface area (TPSA) is 152 Å². The van der Waals surface area contributed by atoms with Gasteiger partial charge < -0.3 is 28.6 Å². The van der Waals surface area contributed by atoms with E-state index in [-0.39, 0.29) is 56.2 Å². The number of nitrogens with two attached hydrogens (primary N) is 1. The van der Waals surface area contributed by atoms with E-state index < -0.39 is 17.5 Å². The normalized spacial score (nSPS) is 19.0. The number of benzene rings is 1. The average Bonchev–Trinajstić information content (AvgIpc) is 3.26. The first-order valence-corrected chi connectivity index (χ1v) is 11.6. The van der Waals surface area contributed by atoms with Crippen LogP contribution < -0.4 is 20.8 Å². The monoisotopic (exact) mass is 493 g/mol. The SMILES string of the molecule is CC[C@@]1(O)C(=O)OCc2c1cc1n(c2=O)Cc2c-1nc1ccc(CCC(=O)OCN)c3c1c2OCO3. The Hall–Kier alpha value is -3.96. The first-order chi connectivity index (χ1) is 17.4. The average molecular weight is 493 g/mol. The van der Waals surface area contributed by atoms with Crippen LogP contribution in [-0.4, -0.2) is 40.1 Å². The van der Waals surface area contributed by atoms with Gasteiger partial charge in [-0.15, -0.1) is 0 Å². The van der Waals surface area contributed by atoms with E-state index in [0.29, 0.717) is 45.8 Å². The number of hydrogen-bond acceptors (Lipinski definition) is 10. The van der Waals surface area contributed by atoms with Gasteiger partial charge in [0, 0.05) is 17.5 Å². The molecular weight excluding hydrogens is 470 g/mol. The summed E-state index contributed by atoms with van der Waals surface area (Å²) in [5.74, 6) is -0.0413. The van der Waals surface area contributed by atoms with Crippen molar-refractivity contribution < 1.29 is 33.6 Å². The molecule has 0 saturated carbocycles. The molecule has 0 bridgehead atoms. The Morgan fingerprint density at radius 1 is 1.22 bits per heavy atom. The summed E-state index contributed by atoms with van der Waals surface area (Å²) in [5.41, 5.74) is 6.68. The van der Waals surface area contributed by atoms with Crippen LogP contribution in [-0.2, 0) is 44.2 Å². The van der Waals surface area contributed by atoms with Gasteiger partial charge in [0.2, 0.25) is 6.79 Å². The van der Waals surface area contributed by atoms with Crippen molar-refractivity contribution in [1.29, 1.82) is 0 Å². The van der Waals surface area contributed by atoms with Crippen molar-refractivity contribution in [2.24, 2.45) is 5.73 Å². The second-order valence-electron chi connectivity index (χ2n) is 8.91. The molecule has 5 heterocycles. The number of aliphatic hydroxyl groups is 1. The molecule has 3 aliphatic heterocycles. The summed E-state index contributed by atoms with van der Waals surface area (Å²) < 4.78 is 23.3. The quantitative estimate of drug-likeness (QED) is 0.306. The molecule has 0 radical (unpaired) electrons. The Morgan fingerprint density at radius 2 is 2.03 bits per heavy atom. The Morgan fingerprint density at radius 3 is 2.81 bits per heavy atom. The molecule has 2 aromatic heterocycles. The first kappa shape index (κ1) is 22.5. The van der Waals surface area contributed by atoms with E-state index in [4.69, 9.17) is 29.7 Å². The molecule has 11 heteroatoms. The van der Waals surface area contributed by atoms with E-state index >= 15 is 0 Å². The Kier molecular flexibility index (Phi) is 5.02. The number of ether oxygens (including phenoxy) is 4. The number of fused-ring (bicyclic) bond motifs is 5. The van der Waals surface area contributed by atoms with Gasteiger partial charge in [-0.3, -0.25) is 15.3 Å². The minimum absolute atomic E-state index is 0.0392. The van der Waals surface area contributed by atoms with Crippen LogP contribution in [0.3, 0.4) is 0 Å². The van der Waals surface area contributed by atoms with Crippen molar-refractivity contribution >= 4 is 22.8 Å². The fraction of sp³-hybridized carbons (Fsp3) is 0.360. The zero-order valence-electron chi connectivity index (χ0n) is 19.5. The zero-order chi connectivity index (χ0) is 25.2. The van der Waals surface area contributed by atoms with Crippen molar-refractivity contribution in [2.45, 2.75) is 44.9 Å².